The lowest BCUT2D eigenvalue weighted by Crippen LogP contribution is -2.20. The van der Waals surface area contributed by atoms with Crippen LogP contribution in [0.5, 0.6) is 0 Å². The molecule has 0 bridgehead atoms. The van der Waals surface area contributed by atoms with Crippen molar-refractivity contribution in [2.24, 2.45) is 0 Å². The predicted molar refractivity (Wildman–Crippen MR) is 100 cm³/mol. The number of hydrogen-bond acceptors (Lipinski definition) is 5. The molecule has 0 aliphatic carbocycles. The highest BCUT2D eigenvalue weighted by Crippen LogP contribution is 2.32. The number of halogens is 2. The Balaban J connectivity index is 1.90. The molecule has 0 saturated carbocycles. The fraction of sp³-hybridized carbons (Fsp3) is 0.118. The lowest BCUT2D eigenvalue weighted by molar-refractivity contribution is 0.389. The largest absolute Gasteiger partial charge is 0.399 e. The average Bonchev–Trinajstić information content (AvgIpc) is 3.16. The molecule has 0 spiro atoms. The Morgan fingerprint density at radius 3 is 2.54 bits per heavy atom. The van der Waals surface area contributed by atoms with Gasteiger partial charge >= 0.3 is 0 Å². The van der Waals surface area contributed by atoms with Gasteiger partial charge in [-0.15, -0.1) is 0 Å². The average molecular weight is 390 g/mol. The summed E-state index contributed by atoms with van der Waals surface area (Å²) in [4.78, 5) is 12.4. The molecule has 3 aromatic heterocycles. The van der Waals surface area contributed by atoms with Gasteiger partial charge in [0.2, 0.25) is 0 Å². The van der Waals surface area contributed by atoms with Gasteiger partial charge in [0.15, 0.2) is 0 Å². The normalized spacial score (nSPS) is 11.3. The van der Waals surface area contributed by atoms with E-state index in [4.69, 9.17) is 33.5 Å². The second kappa shape index (κ2) is 6.19. The number of aryl methyl sites for hydroxylation is 1. The molecule has 4 aromatic rings. The Morgan fingerprint density at radius 1 is 1.15 bits per heavy atom. The Hall–Kier alpha value is -2.77. The lowest BCUT2D eigenvalue weighted by atomic mass is 10.2. The molecule has 1 aromatic carbocycles. The molecule has 9 heteroatoms. The summed E-state index contributed by atoms with van der Waals surface area (Å²) < 4.78 is 8.22. The van der Waals surface area contributed by atoms with Crippen LogP contribution in [0.4, 0.5) is 5.69 Å². The van der Waals surface area contributed by atoms with Gasteiger partial charge in [-0.1, -0.05) is 28.4 Å². The van der Waals surface area contributed by atoms with E-state index in [2.05, 4.69) is 10.3 Å². The third-order valence-corrected chi connectivity index (χ3v) is 4.55. The van der Waals surface area contributed by atoms with Crippen LogP contribution in [0.2, 0.25) is 10.0 Å². The van der Waals surface area contributed by atoms with E-state index in [1.165, 1.54) is 6.07 Å². The van der Waals surface area contributed by atoms with Crippen molar-refractivity contribution in [2.75, 3.05) is 5.73 Å². The number of anilines is 1. The molecule has 0 aliphatic rings. The summed E-state index contributed by atoms with van der Waals surface area (Å²) in [6.07, 6.45) is 1.59. The summed E-state index contributed by atoms with van der Waals surface area (Å²) in [5, 5.41) is 9.04. The van der Waals surface area contributed by atoms with Crippen molar-refractivity contribution in [2.45, 2.75) is 13.5 Å². The Morgan fingerprint density at radius 2 is 1.88 bits per heavy atom. The van der Waals surface area contributed by atoms with Gasteiger partial charge in [-0.2, -0.15) is 5.10 Å². The number of nitrogens with zero attached hydrogens (tertiary/aromatic N) is 4. The Labute approximate surface area is 157 Å². The molecule has 7 nitrogen and oxygen atoms in total. The second-order valence-corrected chi connectivity index (χ2v) is 6.66. The number of pyridine rings is 1. The van der Waals surface area contributed by atoms with Crippen LogP contribution in [0.3, 0.4) is 0 Å². The number of benzene rings is 1. The molecule has 132 valence electrons. The molecule has 0 saturated heterocycles. The highest BCUT2D eigenvalue weighted by atomic mass is 35.5. The number of fused-ring (bicyclic) bond motifs is 1. The zero-order chi connectivity index (χ0) is 18.4. The van der Waals surface area contributed by atoms with Crippen LogP contribution in [-0.4, -0.2) is 19.5 Å². The van der Waals surface area contributed by atoms with Crippen molar-refractivity contribution >= 4 is 39.9 Å². The number of aromatic nitrogens is 4. The molecule has 26 heavy (non-hydrogen) atoms. The van der Waals surface area contributed by atoms with Crippen LogP contribution >= 0.6 is 23.2 Å². The molecule has 3 heterocycles. The van der Waals surface area contributed by atoms with Gasteiger partial charge in [0.25, 0.3) is 5.56 Å². The van der Waals surface area contributed by atoms with Gasteiger partial charge < -0.3 is 10.3 Å². The highest BCUT2D eigenvalue weighted by molar-refractivity contribution is 6.38. The van der Waals surface area contributed by atoms with Crippen LogP contribution in [0.1, 0.15) is 11.5 Å². The number of nitrogens with two attached hydrogens (primary N) is 1. The zero-order valence-electron chi connectivity index (χ0n) is 13.6. The van der Waals surface area contributed by atoms with E-state index in [0.29, 0.717) is 43.9 Å². The molecule has 2 N–H and O–H groups in total. The summed E-state index contributed by atoms with van der Waals surface area (Å²) >= 11 is 12.6. The maximum absolute atomic E-state index is 12.4. The van der Waals surface area contributed by atoms with Crippen molar-refractivity contribution < 1.29 is 4.52 Å². The third-order valence-electron chi connectivity index (χ3n) is 3.97. The van der Waals surface area contributed by atoms with Crippen LogP contribution in [0.25, 0.3) is 16.7 Å². The first-order valence-electron chi connectivity index (χ1n) is 7.68. The van der Waals surface area contributed by atoms with Gasteiger partial charge in [-0.25, -0.2) is 4.68 Å². The van der Waals surface area contributed by atoms with Crippen LogP contribution in [0.15, 0.2) is 45.8 Å². The first-order valence-corrected chi connectivity index (χ1v) is 8.44. The lowest BCUT2D eigenvalue weighted by Gasteiger charge is -2.10. The Kier molecular flexibility index (Phi) is 3.97. The van der Waals surface area contributed by atoms with E-state index in [-0.39, 0.29) is 12.1 Å². The summed E-state index contributed by atoms with van der Waals surface area (Å²) in [7, 11) is 0. The smallest absolute Gasteiger partial charge is 0.251 e. The monoisotopic (exact) mass is 389 g/mol. The SMILES string of the molecule is Cc1cc(Cn2c(=O)ccc3c2cnn3-c2c(Cl)cc(N)cc2Cl)no1. The van der Waals surface area contributed by atoms with Gasteiger partial charge in [0, 0.05) is 17.8 Å². The van der Waals surface area contributed by atoms with E-state index in [1.54, 1.807) is 46.6 Å². The van der Waals surface area contributed by atoms with E-state index < -0.39 is 0 Å². The van der Waals surface area contributed by atoms with Crippen molar-refractivity contribution in [1.29, 1.82) is 0 Å². The quantitative estimate of drug-likeness (QED) is 0.541. The fourth-order valence-corrected chi connectivity index (χ4v) is 3.52. The molecule has 0 fully saturated rings. The molecule has 0 amide bonds. The van der Waals surface area contributed by atoms with Crippen molar-refractivity contribution in [1.82, 2.24) is 19.5 Å². The van der Waals surface area contributed by atoms with Gasteiger partial charge in [0.05, 0.1) is 33.8 Å². The molecule has 0 atom stereocenters. The second-order valence-electron chi connectivity index (χ2n) is 5.85. The summed E-state index contributed by atoms with van der Waals surface area (Å²) in [5.41, 5.74) is 8.50. The minimum atomic E-state index is -0.174. The molecule has 4 rings (SSSR count). The molecule has 0 unspecified atom stereocenters. The first-order chi connectivity index (χ1) is 12.4. The van der Waals surface area contributed by atoms with Crippen LogP contribution < -0.4 is 11.3 Å². The third kappa shape index (κ3) is 2.75. The minimum absolute atomic E-state index is 0.174. The highest BCUT2D eigenvalue weighted by Gasteiger charge is 2.16. The topological polar surface area (TPSA) is 91.9 Å². The Bertz CT molecular complexity index is 1170. The van der Waals surface area contributed by atoms with Crippen molar-refractivity contribution in [3.8, 4) is 5.69 Å². The molecular weight excluding hydrogens is 377 g/mol. The molecule has 0 aliphatic heterocycles. The predicted octanol–water partition coefficient (Wildman–Crippen LogP) is 3.42. The minimum Gasteiger partial charge on any atom is -0.399 e. The van der Waals surface area contributed by atoms with Gasteiger partial charge in [-0.3, -0.25) is 9.36 Å². The van der Waals surface area contributed by atoms with Crippen LogP contribution in [0, 0.1) is 6.92 Å². The van der Waals surface area contributed by atoms with E-state index in [9.17, 15) is 4.79 Å². The standard InChI is InChI=1S/C17H13Cl2N5O2/c1-9-4-11(22-26-9)8-23-15-7-21-24(14(15)2-3-16(23)25)17-12(18)5-10(20)6-13(17)19/h2-7H,8,20H2,1H3. The number of nitrogen functional groups attached to an aromatic ring is 1. The summed E-state index contributed by atoms with van der Waals surface area (Å²) in [6.45, 7) is 2.06. The maximum Gasteiger partial charge on any atom is 0.251 e. The summed E-state index contributed by atoms with van der Waals surface area (Å²) in [5.74, 6) is 0.677. The summed E-state index contributed by atoms with van der Waals surface area (Å²) in [6, 6.07) is 8.13. The first kappa shape index (κ1) is 16.7. The molecular formula is C17H13Cl2N5O2. The van der Waals surface area contributed by atoms with Gasteiger partial charge in [0.1, 0.15) is 17.1 Å². The molecule has 0 radical (unpaired) electrons. The zero-order valence-corrected chi connectivity index (χ0v) is 15.1. The van der Waals surface area contributed by atoms with Crippen molar-refractivity contribution in [3.63, 3.8) is 0 Å². The van der Waals surface area contributed by atoms with E-state index >= 15 is 0 Å². The number of hydrogen-bond donors (Lipinski definition) is 1. The van der Waals surface area contributed by atoms with E-state index in [1.807, 2.05) is 0 Å². The van der Waals surface area contributed by atoms with E-state index in [0.717, 1.165) is 0 Å². The maximum atomic E-state index is 12.4. The number of rotatable bonds is 3. The van der Waals surface area contributed by atoms with Crippen molar-refractivity contribution in [3.05, 3.63) is 68.4 Å². The van der Waals surface area contributed by atoms with Gasteiger partial charge in [-0.05, 0) is 25.1 Å². The van der Waals surface area contributed by atoms with Crippen LogP contribution in [-0.2, 0) is 6.54 Å². The fourth-order valence-electron chi connectivity index (χ4n) is 2.86.